The van der Waals surface area contributed by atoms with Crippen LogP contribution in [-0.4, -0.2) is 10.1 Å². The second-order valence-electron chi connectivity index (χ2n) is 3.46. The largest absolute Gasteiger partial charge is 0.445 e. The first-order valence-corrected chi connectivity index (χ1v) is 3.98. The minimum Gasteiger partial charge on any atom is -0.445 e. The first-order chi connectivity index (χ1) is 5.92. The second kappa shape index (κ2) is 2.29. The maximum Gasteiger partial charge on any atom is 0.290 e. The van der Waals surface area contributed by atoms with Gasteiger partial charge >= 0.3 is 0 Å². The van der Waals surface area contributed by atoms with Crippen molar-refractivity contribution >= 4 is 0 Å². The molecule has 1 aromatic heterocycles. The van der Waals surface area contributed by atoms with Gasteiger partial charge in [-0.25, -0.2) is 4.98 Å². The summed E-state index contributed by atoms with van der Waals surface area (Å²) in [6.07, 6.45) is 1.95. The minimum atomic E-state index is -3.01. The lowest BCUT2D eigenvalue weighted by Crippen LogP contribution is -2.10. The monoisotopic (exact) mass is 189 g/mol. The van der Waals surface area contributed by atoms with Gasteiger partial charge in [0.25, 0.3) is 5.92 Å². The molecule has 1 aliphatic rings. The third kappa shape index (κ3) is 1.44. The van der Waals surface area contributed by atoms with Crippen molar-refractivity contribution in [1.82, 2.24) is 4.98 Å². The maximum atomic E-state index is 12.7. The summed E-state index contributed by atoms with van der Waals surface area (Å²) in [6.45, 7) is 0.742. The van der Waals surface area contributed by atoms with Crippen LogP contribution in [0.1, 0.15) is 31.4 Å². The van der Waals surface area contributed by atoms with Crippen molar-refractivity contribution in [2.75, 3.05) is 0 Å². The Bertz CT molecular complexity index is 305. The van der Waals surface area contributed by atoms with Gasteiger partial charge in [-0.1, -0.05) is 0 Å². The van der Waals surface area contributed by atoms with Crippen LogP contribution in [0.5, 0.6) is 0 Å². The van der Waals surface area contributed by atoms with E-state index in [1.165, 1.54) is 0 Å². The molecule has 0 aromatic carbocycles. The summed E-state index contributed by atoms with van der Waals surface area (Å²) < 4.78 is 30.1. The molecule has 0 spiro atoms. The minimum absolute atomic E-state index is 0.00373. The molecule has 3 nitrogen and oxygen atoms in total. The van der Waals surface area contributed by atoms with Gasteiger partial charge in [0.2, 0.25) is 5.89 Å². The highest BCUT2D eigenvalue weighted by molar-refractivity contribution is 5.13. The number of aromatic nitrogens is 1. The van der Waals surface area contributed by atoms with Gasteiger partial charge in [-0.05, 0) is 12.8 Å². The zero-order chi connectivity index (χ0) is 9.69. The fraction of sp³-hybridized carbons (Fsp3) is 0.625. The number of aliphatic hydroxyl groups is 1. The van der Waals surface area contributed by atoms with Crippen molar-refractivity contribution in [1.29, 1.82) is 0 Å². The van der Waals surface area contributed by atoms with Crippen molar-refractivity contribution < 1.29 is 18.3 Å². The lowest BCUT2D eigenvalue weighted by atomic mass is 10.3. The van der Waals surface area contributed by atoms with Gasteiger partial charge in [0.15, 0.2) is 0 Å². The van der Waals surface area contributed by atoms with E-state index in [4.69, 9.17) is 4.42 Å². The maximum absolute atomic E-state index is 12.7. The van der Waals surface area contributed by atoms with E-state index in [1.54, 1.807) is 0 Å². The number of nitrogens with zero attached hydrogens (tertiary/aromatic N) is 1. The van der Waals surface area contributed by atoms with Gasteiger partial charge in [0.05, 0.1) is 0 Å². The molecule has 0 bridgehead atoms. The molecule has 0 saturated heterocycles. The summed E-state index contributed by atoms with van der Waals surface area (Å²) >= 11 is 0. The van der Waals surface area contributed by atoms with E-state index >= 15 is 0 Å². The van der Waals surface area contributed by atoms with E-state index in [0.717, 1.165) is 13.2 Å². The summed E-state index contributed by atoms with van der Waals surface area (Å²) in [7, 11) is 0. The van der Waals surface area contributed by atoms with Gasteiger partial charge in [-0.15, -0.1) is 0 Å². The topological polar surface area (TPSA) is 46.3 Å². The fourth-order valence-corrected chi connectivity index (χ4v) is 1.02. The molecule has 0 atom stereocenters. The molecule has 1 aliphatic carbocycles. The Morgan fingerprint density at radius 2 is 2.23 bits per heavy atom. The highest BCUT2D eigenvalue weighted by atomic mass is 19.3. The number of oxazole rings is 1. The van der Waals surface area contributed by atoms with Crippen LogP contribution in [0.3, 0.4) is 0 Å². The van der Waals surface area contributed by atoms with Gasteiger partial charge in [0, 0.05) is 6.92 Å². The van der Waals surface area contributed by atoms with Crippen LogP contribution in [-0.2, 0) is 11.5 Å². The SMILES string of the molecule is CC(F)(F)c1coc(C2(O)CC2)n1. The van der Waals surface area contributed by atoms with Crippen LogP contribution in [0.25, 0.3) is 0 Å². The third-order valence-corrected chi connectivity index (χ3v) is 2.08. The van der Waals surface area contributed by atoms with E-state index in [0.29, 0.717) is 12.8 Å². The summed E-state index contributed by atoms with van der Waals surface area (Å²) in [5.41, 5.74) is -1.51. The predicted molar refractivity (Wildman–Crippen MR) is 39.2 cm³/mol. The molecular formula is C8H9F2NO2. The van der Waals surface area contributed by atoms with E-state index in [9.17, 15) is 13.9 Å². The lowest BCUT2D eigenvalue weighted by molar-refractivity contribution is 0.0125. The fourth-order valence-electron chi connectivity index (χ4n) is 1.02. The zero-order valence-corrected chi connectivity index (χ0v) is 7.05. The normalized spacial score (nSPS) is 20.3. The van der Waals surface area contributed by atoms with E-state index < -0.39 is 17.2 Å². The highest BCUT2D eigenvalue weighted by Gasteiger charge is 2.47. The summed E-state index contributed by atoms with van der Waals surface area (Å²) in [5.74, 6) is -3.00. The summed E-state index contributed by atoms with van der Waals surface area (Å²) in [4.78, 5) is 3.55. The molecule has 5 heteroatoms. The summed E-state index contributed by atoms with van der Waals surface area (Å²) in [5, 5.41) is 9.48. The molecule has 1 N–H and O–H groups in total. The van der Waals surface area contributed by atoms with Crippen LogP contribution >= 0.6 is 0 Å². The van der Waals surface area contributed by atoms with Crippen LogP contribution in [0.15, 0.2) is 10.7 Å². The number of halogens is 2. The molecule has 1 aromatic rings. The predicted octanol–water partition coefficient (Wildman–Crippen LogP) is 1.77. The molecule has 1 saturated carbocycles. The Balaban J connectivity index is 2.29. The molecule has 0 radical (unpaired) electrons. The molecule has 72 valence electrons. The van der Waals surface area contributed by atoms with Gasteiger partial charge in [0.1, 0.15) is 17.6 Å². The molecule has 0 aliphatic heterocycles. The average molecular weight is 189 g/mol. The quantitative estimate of drug-likeness (QED) is 0.771. The number of hydrogen-bond acceptors (Lipinski definition) is 3. The van der Waals surface area contributed by atoms with Crippen LogP contribution in [0.2, 0.25) is 0 Å². The van der Waals surface area contributed by atoms with Gasteiger partial charge < -0.3 is 9.52 Å². The van der Waals surface area contributed by atoms with Gasteiger partial charge in [-0.2, -0.15) is 8.78 Å². The zero-order valence-electron chi connectivity index (χ0n) is 7.05. The molecule has 13 heavy (non-hydrogen) atoms. The number of alkyl halides is 2. The first kappa shape index (κ1) is 8.62. The molecule has 0 unspecified atom stereocenters. The average Bonchev–Trinajstić information content (AvgIpc) is 2.60. The van der Waals surface area contributed by atoms with Crippen molar-refractivity contribution in [2.45, 2.75) is 31.3 Å². The Labute approximate surface area is 73.4 Å². The molecule has 1 fully saturated rings. The number of hydrogen-bond donors (Lipinski definition) is 1. The van der Waals surface area contributed by atoms with E-state index in [1.807, 2.05) is 0 Å². The van der Waals surface area contributed by atoms with Crippen molar-refractivity contribution in [3.8, 4) is 0 Å². The standard InChI is InChI=1S/C8H9F2NO2/c1-7(9,10)5-4-13-6(11-5)8(12)2-3-8/h4,12H,2-3H2,1H3. The Morgan fingerprint density at radius 3 is 2.62 bits per heavy atom. The van der Waals surface area contributed by atoms with Gasteiger partial charge in [-0.3, -0.25) is 0 Å². The summed E-state index contributed by atoms with van der Waals surface area (Å²) in [6, 6.07) is 0. The Hall–Kier alpha value is -0.970. The van der Waals surface area contributed by atoms with Crippen molar-refractivity contribution in [3.05, 3.63) is 17.8 Å². The van der Waals surface area contributed by atoms with Crippen LogP contribution in [0.4, 0.5) is 8.78 Å². The van der Waals surface area contributed by atoms with Crippen molar-refractivity contribution in [3.63, 3.8) is 0 Å². The molecule has 0 amide bonds. The van der Waals surface area contributed by atoms with Crippen LogP contribution in [0, 0.1) is 0 Å². The Kier molecular flexibility index (Phi) is 1.52. The highest BCUT2D eigenvalue weighted by Crippen LogP contribution is 2.45. The van der Waals surface area contributed by atoms with E-state index in [2.05, 4.69) is 4.98 Å². The molecular weight excluding hydrogens is 180 g/mol. The van der Waals surface area contributed by atoms with E-state index in [-0.39, 0.29) is 5.89 Å². The third-order valence-electron chi connectivity index (χ3n) is 2.08. The first-order valence-electron chi connectivity index (χ1n) is 3.98. The lowest BCUT2D eigenvalue weighted by Gasteiger charge is -2.04. The smallest absolute Gasteiger partial charge is 0.290 e. The molecule has 2 rings (SSSR count). The second-order valence-corrected chi connectivity index (χ2v) is 3.46. The molecule has 1 heterocycles. The van der Waals surface area contributed by atoms with Crippen LogP contribution < -0.4 is 0 Å². The van der Waals surface area contributed by atoms with Crippen molar-refractivity contribution in [2.24, 2.45) is 0 Å². The number of rotatable bonds is 2. The Morgan fingerprint density at radius 1 is 1.62 bits per heavy atom.